The van der Waals surface area contributed by atoms with E-state index in [4.69, 9.17) is 0 Å². The number of nitrogens with zero attached hydrogens (tertiary/aromatic N) is 1. The van der Waals surface area contributed by atoms with E-state index in [-0.39, 0.29) is 42.9 Å². The normalized spacial score (nSPS) is 18.3. The molecule has 0 bridgehead atoms. The molecular formula is C15H20ClF3N2O2. The summed E-state index contributed by atoms with van der Waals surface area (Å²) in [4.78, 5) is 14.0. The van der Waals surface area contributed by atoms with Gasteiger partial charge in [-0.3, -0.25) is 4.79 Å². The van der Waals surface area contributed by atoms with Crippen LogP contribution in [0.4, 0.5) is 13.2 Å². The Labute approximate surface area is 139 Å². The number of nitrogens with one attached hydrogen (secondary N) is 1. The van der Waals surface area contributed by atoms with Crippen molar-refractivity contribution >= 4 is 18.3 Å². The number of piperazine rings is 1. The van der Waals surface area contributed by atoms with Gasteiger partial charge in [-0.05, 0) is 25.0 Å². The Bertz CT molecular complexity index is 526. The van der Waals surface area contributed by atoms with Crippen molar-refractivity contribution in [1.82, 2.24) is 10.2 Å². The molecule has 4 nitrogen and oxygen atoms in total. The molecule has 1 aliphatic heterocycles. The number of aryl methyl sites for hydroxylation is 1. The summed E-state index contributed by atoms with van der Waals surface area (Å²) >= 11 is 0. The lowest BCUT2D eigenvalue weighted by atomic mass is 10.1. The molecular weight excluding hydrogens is 333 g/mol. The van der Waals surface area contributed by atoms with Crippen molar-refractivity contribution in [2.24, 2.45) is 0 Å². The number of alkyl halides is 3. The van der Waals surface area contributed by atoms with Gasteiger partial charge in [-0.15, -0.1) is 25.6 Å². The fourth-order valence-corrected chi connectivity index (χ4v) is 2.53. The number of hydrogen-bond donors (Lipinski definition) is 1. The standard InChI is InChI=1S/C15H19F3N2O2.ClH/c1-11-10-19-8-9-20(11)14(21)7-6-12-4-2-3-5-13(12)22-15(16,17)18;/h2-5,11,19H,6-10H2,1H3;1H/t11-;/m1./s1. The van der Waals surface area contributed by atoms with Gasteiger partial charge in [0.2, 0.25) is 5.91 Å². The first-order chi connectivity index (χ1) is 10.4. The van der Waals surface area contributed by atoms with E-state index >= 15 is 0 Å². The van der Waals surface area contributed by atoms with Crippen molar-refractivity contribution in [3.05, 3.63) is 29.8 Å². The minimum absolute atomic E-state index is 0. The Hall–Kier alpha value is -1.47. The molecule has 1 aromatic carbocycles. The third kappa shape index (κ3) is 5.91. The molecule has 0 unspecified atom stereocenters. The highest BCUT2D eigenvalue weighted by molar-refractivity contribution is 5.85. The zero-order chi connectivity index (χ0) is 16.2. The van der Waals surface area contributed by atoms with Crippen LogP contribution < -0.4 is 10.1 Å². The van der Waals surface area contributed by atoms with Crippen LogP contribution in [0.1, 0.15) is 18.9 Å². The Morgan fingerprint density at radius 2 is 2.09 bits per heavy atom. The number of carbonyl (C=O) groups is 1. The number of para-hydroxylation sites is 1. The lowest BCUT2D eigenvalue weighted by Gasteiger charge is -2.34. The summed E-state index contributed by atoms with van der Waals surface area (Å²) in [5.41, 5.74) is 0.385. The van der Waals surface area contributed by atoms with Crippen molar-refractivity contribution < 1.29 is 22.7 Å². The van der Waals surface area contributed by atoms with Crippen LogP contribution in [0.15, 0.2) is 24.3 Å². The molecule has 0 spiro atoms. The fourth-order valence-electron chi connectivity index (χ4n) is 2.53. The second-order valence-corrected chi connectivity index (χ2v) is 5.30. The average molecular weight is 353 g/mol. The number of hydrogen-bond acceptors (Lipinski definition) is 3. The van der Waals surface area contributed by atoms with Crippen molar-refractivity contribution in [3.8, 4) is 5.75 Å². The van der Waals surface area contributed by atoms with E-state index in [2.05, 4.69) is 10.1 Å². The zero-order valence-corrected chi connectivity index (χ0v) is 13.5. The highest BCUT2D eigenvalue weighted by Gasteiger charge is 2.32. The Balaban J connectivity index is 0.00000264. The molecule has 0 aromatic heterocycles. The number of rotatable bonds is 4. The second kappa shape index (κ2) is 8.40. The summed E-state index contributed by atoms with van der Waals surface area (Å²) in [6, 6.07) is 6.03. The molecule has 8 heteroatoms. The van der Waals surface area contributed by atoms with Gasteiger partial charge in [0.15, 0.2) is 0 Å². The molecule has 1 atom stereocenters. The molecule has 23 heavy (non-hydrogen) atoms. The molecule has 1 N–H and O–H groups in total. The summed E-state index contributed by atoms with van der Waals surface area (Å²) in [5, 5.41) is 3.19. The van der Waals surface area contributed by atoms with Crippen LogP contribution in [0.2, 0.25) is 0 Å². The molecule has 1 heterocycles. The van der Waals surface area contributed by atoms with Crippen LogP contribution in [0.3, 0.4) is 0 Å². The van der Waals surface area contributed by atoms with Crippen LogP contribution in [0, 0.1) is 0 Å². The maximum atomic E-state index is 12.4. The number of carbonyl (C=O) groups excluding carboxylic acids is 1. The van der Waals surface area contributed by atoms with Gasteiger partial charge >= 0.3 is 6.36 Å². The van der Waals surface area contributed by atoms with Crippen molar-refractivity contribution in [2.75, 3.05) is 19.6 Å². The maximum absolute atomic E-state index is 12.4. The van der Waals surface area contributed by atoms with Gasteiger partial charge in [-0.25, -0.2) is 0 Å². The lowest BCUT2D eigenvalue weighted by Crippen LogP contribution is -2.52. The molecule has 0 saturated carbocycles. The summed E-state index contributed by atoms with van der Waals surface area (Å²) < 4.78 is 41.1. The first kappa shape index (κ1) is 19.6. The van der Waals surface area contributed by atoms with Crippen molar-refractivity contribution in [2.45, 2.75) is 32.2 Å². The van der Waals surface area contributed by atoms with Crippen LogP contribution in [-0.2, 0) is 11.2 Å². The predicted octanol–water partition coefficient (Wildman–Crippen LogP) is 2.76. The van der Waals surface area contributed by atoms with Crippen LogP contribution in [-0.4, -0.2) is 42.8 Å². The highest BCUT2D eigenvalue weighted by Crippen LogP contribution is 2.27. The first-order valence-electron chi connectivity index (χ1n) is 7.20. The van der Waals surface area contributed by atoms with Gasteiger partial charge in [0.1, 0.15) is 5.75 Å². The lowest BCUT2D eigenvalue weighted by molar-refractivity contribution is -0.274. The Kier molecular flexibility index (Phi) is 7.15. The Morgan fingerprint density at radius 1 is 1.39 bits per heavy atom. The Morgan fingerprint density at radius 3 is 2.74 bits per heavy atom. The van der Waals surface area contributed by atoms with Crippen LogP contribution in [0.25, 0.3) is 0 Å². The number of benzene rings is 1. The van der Waals surface area contributed by atoms with Gasteiger partial charge < -0.3 is 15.0 Å². The van der Waals surface area contributed by atoms with E-state index in [0.717, 1.165) is 13.1 Å². The average Bonchev–Trinajstić information content (AvgIpc) is 2.45. The third-order valence-electron chi connectivity index (χ3n) is 3.63. The fraction of sp³-hybridized carbons (Fsp3) is 0.533. The monoisotopic (exact) mass is 352 g/mol. The minimum atomic E-state index is -4.73. The van der Waals surface area contributed by atoms with E-state index < -0.39 is 6.36 Å². The number of halogens is 4. The van der Waals surface area contributed by atoms with Gasteiger partial charge in [-0.2, -0.15) is 0 Å². The molecule has 1 saturated heterocycles. The van der Waals surface area contributed by atoms with Gasteiger partial charge in [0.25, 0.3) is 0 Å². The topological polar surface area (TPSA) is 41.6 Å². The predicted molar refractivity (Wildman–Crippen MR) is 82.7 cm³/mol. The van der Waals surface area contributed by atoms with E-state index in [1.807, 2.05) is 6.92 Å². The highest BCUT2D eigenvalue weighted by atomic mass is 35.5. The van der Waals surface area contributed by atoms with E-state index in [1.54, 1.807) is 17.0 Å². The van der Waals surface area contributed by atoms with Crippen molar-refractivity contribution in [1.29, 1.82) is 0 Å². The van der Waals surface area contributed by atoms with E-state index in [0.29, 0.717) is 12.1 Å². The third-order valence-corrected chi connectivity index (χ3v) is 3.63. The summed E-state index contributed by atoms with van der Waals surface area (Å²) in [5.74, 6) is -0.285. The number of ether oxygens (including phenoxy) is 1. The summed E-state index contributed by atoms with van der Waals surface area (Å²) in [6.07, 6.45) is -4.34. The summed E-state index contributed by atoms with van der Waals surface area (Å²) in [7, 11) is 0. The minimum Gasteiger partial charge on any atom is -0.406 e. The molecule has 1 aliphatic rings. The van der Waals surface area contributed by atoms with Crippen LogP contribution in [0.5, 0.6) is 5.75 Å². The molecule has 1 aromatic rings. The smallest absolute Gasteiger partial charge is 0.406 e. The first-order valence-corrected chi connectivity index (χ1v) is 7.20. The molecule has 0 aliphatic carbocycles. The van der Waals surface area contributed by atoms with Gasteiger partial charge in [0.05, 0.1) is 0 Å². The van der Waals surface area contributed by atoms with Crippen molar-refractivity contribution in [3.63, 3.8) is 0 Å². The van der Waals surface area contributed by atoms with E-state index in [1.165, 1.54) is 12.1 Å². The molecule has 1 fully saturated rings. The largest absolute Gasteiger partial charge is 0.573 e. The van der Waals surface area contributed by atoms with Gasteiger partial charge in [-0.1, -0.05) is 18.2 Å². The molecule has 2 rings (SSSR count). The SMILES string of the molecule is C[C@@H]1CNCCN1C(=O)CCc1ccccc1OC(F)(F)F.Cl. The summed E-state index contributed by atoms with van der Waals surface area (Å²) in [6.45, 7) is 4.05. The number of amides is 1. The molecule has 1 amide bonds. The second-order valence-electron chi connectivity index (χ2n) is 5.30. The molecule has 130 valence electrons. The van der Waals surface area contributed by atoms with Crippen LogP contribution >= 0.6 is 12.4 Å². The zero-order valence-electron chi connectivity index (χ0n) is 12.7. The van der Waals surface area contributed by atoms with E-state index in [9.17, 15) is 18.0 Å². The quantitative estimate of drug-likeness (QED) is 0.906. The van der Waals surface area contributed by atoms with Gasteiger partial charge in [0, 0.05) is 32.1 Å². The molecule has 0 radical (unpaired) electrons. The maximum Gasteiger partial charge on any atom is 0.573 e.